The molecular weight excluding hydrogens is 196 g/mol. The summed E-state index contributed by atoms with van der Waals surface area (Å²) in [5.41, 5.74) is 7.12. The second-order valence-electron chi connectivity index (χ2n) is 4.99. The van der Waals surface area contributed by atoms with Gasteiger partial charge in [-0.3, -0.25) is 4.90 Å². The molecule has 16 heavy (non-hydrogen) atoms. The fourth-order valence-corrected chi connectivity index (χ4v) is 2.08. The normalized spacial score (nSPS) is 17.7. The molecule has 0 radical (unpaired) electrons. The van der Waals surface area contributed by atoms with Crippen molar-refractivity contribution < 1.29 is 0 Å². The third kappa shape index (κ3) is 3.32. The molecule has 1 fully saturated rings. The minimum atomic E-state index is 0.601. The van der Waals surface area contributed by atoms with Crippen LogP contribution in [0.3, 0.4) is 0 Å². The first-order valence-electron chi connectivity index (χ1n) is 6.27. The third-order valence-electron chi connectivity index (χ3n) is 3.24. The molecule has 0 saturated heterocycles. The van der Waals surface area contributed by atoms with E-state index in [-0.39, 0.29) is 0 Å². The Labute approximate surface area is 98.4 Å². The quantitative estimate of drug-likeness (QED) is 0.793. The predicted octanol–water partition coefficient (Wildman–Crippen LogP) is 2.25. The minimum absolute atomic E-state index is 0.601. The Morgan fingerprint density at radius 3 is 2.56 bits per heavy atom. The van der Waals surface area contributed by atoms with Crippen LogP contribution in [0, 0.1) is 5.92 Å². The lowest BCUT2D eigenvalue weighted by Crippen LogP contribution is -2.32. The monoisotopic (exact) mass is 218 g/mol. The van der Waals surface area contributed by atoms with Gasteiger partial charge in [0.25, 0.3) is 0 Å². The van der Waals surface area contributed by atoms with E-state index in [4.69, 9.17) is 5.73 Å². The Bertz CT molecular complexity index is 306. The second kappa shape index (κ2) is 5.46. The van der Waals surface area contributed by atoms with E-state index in [1.165, 1.54) is 18.4 Å². The van der Waals surface area contributed by atoms with Crippen molar-refractivity contribution in [3.63, 3.8) is 0 Å². The molecule has 1 aliphatic rings. The summed E-state index contributed by atoms with van der Waals surface area (Å²) in [4.78, 5) is 2.59. The first kappa shape index (κ1) is 11.6. The third-order valence-corrected chi connectivity index (χ3v) is 3.24. The molecule has 0 aliphatic heterocycles. The molecule has 1 atom stereocenters. The molecule has 1 unspecified atom stereocenters. The van der Waals surface area contributed by atoms with Crippen molar-refractivity contribution in [1.29, 1.82) is 0 Å². The van der Waals surface area contributed by atoms with E-state index in [1.807, 2.05) is 0 Å². The van der Waals surface area contributed by atoms with Gasteiger partial charge in [0, 0.05) is 19.1 Å². The van der Waals surface area contributed by atoms with Crippen molar-refractivity contribution in [2.24, 2.45) is 11.7 Å². The molecule has 2 nitrogen and oxygen atoms in total. The van der Waals surface area contributed by atoms with E-state index in [0.29, 0.717) is 5.92 Å². The van der Waals surface area contributed by atoms with Gasteiger partial charge in [-0.2, -0.15) is 0 Å². The lowest BCUT2D eigenvalue weighted by molar-refractivity contribution is 0.222. The van der Waals surface area contributed by atoms with Gasteiger partial charge in [-0.25, -0.2) is 0 Å². The van der Waals surface area contributed by atoms with Crippen LogP contribution in [0.15, 0.2) is 30.3 Å². The number of nitrogens with two attached hydrogens (primary N) is 1. The zero-order chi connectivity index (χ0) is 11.4. The van der Waals surface area contributed by atoms with E-state index in [9.17, 15) is 0 Å². The fraction of sp³-hybridized carbons (Fsp3) is 0.571. The lowest BCUT2D eigenvalue weighted by atomic mass is 10.1. The molecule has 1 aromatic rings. The summed E-state index contributed by atoms with van der Waals surface area (Å²) in [7, 11) is 0. The van der Waals surface area contributed by atoms with Crippen LogP contribution in [0.1, 0.15) is 25.3 Å². The maximum atomic E-state index is 5.71. The highest BCUT2D eigenvalue weighted by molar-refractivity contribution is 5.14. The zero-order valence-electron chi connectivity index (χ0n) is 10.1. The molecule has 0 amide bonds. The molecule has 1 saturated carbocycles. The number of nitrogens with zero attached hydrogens (tertiary/aromatic N) is 1. The summed E-state index contributed by atoms with van der Waals surface area (Å²) in [6.07, 6.45) is 2.73. The fourth-order valence-electron chi connectivity index (χ4n) is 2.08. The number of rotatable bonds is 6. The van der Waals surface area contributed by atoms with Crippen molar-refractivity contribution in [2.75, 3.05) is 13.1 Å². The average molecular weight is 218 g/mol. The van der Waals surface area contributed by atoms with Crippen molar-refractivity contribution in [2.45, 2.75) is 32.4 Å². The molecule has 1 aromatic carbocycles. The SMILES string of the molecule is CC(CN)CN(Cc1ccccc1)C1CC1. The Morgan fingerprint density at radius 2 is 2.00 bits per heavy atom. The lowest BCUT2D eigenvalue weighted by Gasteiger charge is -2.25. The first-order valence-corrected chi connectivity index (χ1v) is 6.27. The molecule has 0 bridgehead atoms. The summed E-state index contributed by atoms with van der Waals surface area (Å²) in [5, 5.41) is 0. The molecule has 1 aliphatic carbocycles. The Balaban J connectivity index is 1.92. The minimum Gasteiger partial charge on any atom is -0.330 e. The van der Waals surface area contributed by atoms with Crippen LogP contribution in [0.25, 0.3) is 0 Å². The topological polar surface area (TPSA) is 29.3 Å². The van der Waals surface area contributed by atoms with Gasteiger partial charge in [-0.15, -0.1) is 0 Å². The van der Waals surface area contributed by atoms with E-state index < -0.39 is 0 Å². The highest BCUT2D eigenvalue weighted by Crippen LogP contribution is 2.28. The highest BCUT2D eigenvalue weighted by atomic mass is 15.2. The number of hydrogen-bond acceptors (Lipinski definition) is 2. The highest BCUT2D eigenvalue weighted by Gasteiger charge is 2.29. The summed E-state index contributed by atoms with van der Waals surface area (Å²) >= 11 is 0. The Morgan fingerprint density at radius 1 is 1.31 bits per heavy atom. The van der Waals surface area contributed by atoms with Crippen LogP contribution in [-0.2, 0) is 6.54 Å². The van der Waals surface area contributed by atoms with Crippen molar-refractivity contribution >= 4 is 0 Å². The first-order chi connectivity index (χ1) is 7.79. The maximum absolute atomic E-state index is 5.71. The summed E-state index contributed by atoms with van der Waals surface area (Å²) in [6, 6.07) is 11.5. The summed E-state index contributed by atoms with van der Waals surface area (Å²) in [5.74, 6) is 0.601. The molecule has 2 N–H and O–H groups in total. The van der Waals surface area contributed by atoms with Crippen LogP contribution >= 0.6 is 0 Å². The molecule has 0 spiro atoms. The molecule has 88 valence electrons. The van der Waals surface area contributed by atoms with Gasteiger partial charge in [-0.05, 0) is 30.9 Å². The van der Waals surface area contributed by atoms with Crippen LogP contribution in [0.5, 0.6) is 0 Å². The van der Waals surface area contributed by atoms with Gasteiger partial charge >= 0.3 is 0 Å². The largest absolute Gasteiger partial charge is 0.330 e. The standard InChI is InChI=1S/C14H22N2/c1-12(9-15)10-16(14-7-8-14)11-13-5-3-2-4-6-13/h2-6,12,14H,7-11,15H2,1H3. The smallest absolute Gasteiger partial charge is 0.0236 e. The van der Waals surface area contributed by atoms with Gasteiger partial charge in [0.2, 0.25) is 0 Å². The molecular formula is C14H22N2. The zero-order valence-corrected chi connectivity index (χ0v) is 10.1. The number of hydrogen-bond donors (Lipinski definition) is 1. The molecule has 0 aromatic heterocycles. The second-order valence-corrected chi connectivity index (χ2v) is 4.99. The Kier molecular flexibility index (Phi) is 3.97. The predicted molar refractivity (Wildman–Crippen MR) is 68.1 cm³/mol. The molecule has 0 heterocycles. The number of benzene rings is 1. The van der Waals surface area contributed by atoms with Gasteiger partial charge in [0.05, 0.1) is 0 Å². The van der Waals surface area contributed by atoms with Crippen molar-refractivity contribution in [1.82, 2.24) is 4.90 Å². The molecule has 2 rings (SSSR count). The van der Waals surface area contributed by atoms with E-state index >= 15 is 0 Å². The van der Waals surface area contributed by atoms with Gasteiger partial charge in [0.15, 0.2) is 0 Å². The van der Waals surface area contributed by atoms with Crippen LogP contribution in [-0.4, -0.2) is 24.0 Å². The van der Waals surface area contributed by atoms with E-state index in [1.54, 1.807) is 0 Å². The van der Waals surface area contributed by atoms with Crippen molar-refractivity contribution in [3.8, 4) is 0 Å². The van der Waals surface area contributed by atoms with E-state index in [0.717, 1.165) is 25.7 Å². The van der Waals surface area contributed by atoms with Gasteiger partial charge in [-0.1, -0.05) is 37.3 Å². The van der Waals surface area contributed by atoms with Gasteiger partial charge < -0.3 is 5.73 Å². The Hall–Kier alpha value is -0.860. The van der Waals surface area contributed by atoms with Gasteiger partial charge in [0.1, 0.15) is 0 Å². The average Bonchev–Trinajstić information content (AvgIpc) is 3.13. The van der Waals surface area contributed by atoms with Crippen LogP contribution in [0.2, 0.25) is 0 Å². The summed E-state index contributed by atoms with van der Waals surface area (Å²) < 4.78 is 0. The maximum Gasteiger partial charge on any atom is 0.0236 e. The van der Waals surface area contributed by atoms with Crippen LogP contribution < -0.4 is 5.73 Å². The van der Waals surface area contributed by atoms with Crippen LogP contribution in [0.4, 0.5) is 0 Å². The molecule has 2 heteroatoms. The van der Waals surface area contributed by atoms with Crippen molar-refractivity contribution in [3.05, 3.63) is 35.9 Å². The summed E-state index contributed by atoms with van der Waals surface area (Å²) in [6.45, 7) is 5.24. The van der Waals surface area contributed by atoms with E-state index in [2.05, 4.69) is 42.2 Å².